The Bertz CT molecular complexity index is 1110. The average molecular weight is 469 g/mol. The lowest BCUT2D eigenvalue weighted by atomic mass is 10.2. The predicted octanol–water partition coefficient (Wildman–Crippen LogP) is 2.58. The van der Waals surface area contributed by atoms with Crippen LogP contribution in [0.5, 0.6) is 0 Å². The van der Waals surface area contributed by atoms with E-state index in [4.69, 9.17) is 11.6 Å². The maximum absolute atomic E-state index is 13.0. The fourth-order valence-corrected chi connectivity index (χ4v) is 3.75. The van der Waals surface area contributed by atoms with E-state index in [0.29, 0.717) is 42.6 Å². The summed E-state index contributed by atoms with van der Waals surface area (Å²) in [7, 11) is 0. The van der Waals surface area contributed by atoms with Gasteiger partial charge >= 0.3 is 6.03 Å². The number of hydrogen-bond acceptors (Lipinski definition) is 5. The second kappa shape index (κ2) is 9.50. The number of nitrogens with one attached hydrogen (secondary N) is 2. The summed E-state index contributed by atoms with van der Waals surface area (Å²) in [6.45, 7) is 5.23. The van der Waals surface area contributed by atoms with Gasteiger partial charge in [-0.2, -0.15) is 0 Å². The Hall–Kier alpha value is -3.59. The number of anilines is 2. The molecule has 4 rings (SSSR count). The molecule has 0 spiro atoms. The molecule has 33 heavy (non-hydrogen) atoms. The van der Waals surface area contributed by atoms with E-state index >= 15 is 0 Å². The molecule has 2 aromatic rings. The number of nitrogens with zero attached hydrogens (tertiary/aromatic N) is 4. The highest BCUT2D eigenvalue weighted by Crippen LogP contribution is 2.20. The van der Waals surface area contributed by atoms with Crippen LogP contribution in [0, 0.1) is 13.8 Å². The number of urea groups is 1. The topological polar surface area (TPSA) is 97.3 Å². The molecule has 2 aliphatic heterocycles. The quantitative estimate of drug-likeness (QED) is 0.723. The van der Waals surface area contributed by atoms with Gasteiger partial charge in [0.2, 0.25) is 5.84 Å². The van der Waals surface area contributed by atoms with Crippen molar-refractivity contribution in [1.29, 1.82) is 0 Å². The van der Waals surface area contributed by atoms with Crippen molar-refractivity contribution in [3.63, 3.8) is 0 Å². The van der Waals surface area contributed by atoms with E-state index in [9.17, 15) is 14.4 Å². The van der Waals surface area contributed by atoms with Crippen molar-refractivity contribution in [2.75, 3.05) is 43.0 Å². The minimum absolute atomic E-state index is 0.108. The third-order valence-corrected chi connectivity index (χ3v) is 6.02. The molecule has 0 aromatic heterocycles. The Balaban J connectivity index is 1.34. The van der Waals surface area contributed by atoms with Gasteiger partial charge in [-0.15, -0.1) is 0 Å². The van der Waals surface area contributed by atoms with Gasteiger partial charge in [0, 0.05) is 36.9 Å². The minimum Gasteiger partial charge on any atom is -0.332 e. The number of rotatable bonds is 3. The lowest BCUT2D eigenvalue weighted by Crippen LogP contribution is -2.59. The van der Waals surface area contributed by atoms with Crippen molar-refractivity contribution in [3.05, 3.63) is 58.6 Å². The normalized spacial score (nSPS) is 16.3. The van der Waals surface area contributed by atoms with Crippen molar-refractivity contribution in [2.24, 2.45) is 4.99 Å². The van der Waals surface area contributed by atoms with E-state index in [-0.39, 0.29) is 30.2 Å². The molecule has 2 N–H and O–H groups in total. The number of hydrogen-bond donors (Lipinski definition) is 2. The molecule has 0 bridgehead atoms. The van der Waals surface area contributed by atoms with Gasteiger partial charge in [-0.05, 0) is 43.7 Å². The van der Waals surface area contributed by atoms with Gasteiger partial charge in [0.15, 0.2) is 0 Å². The molecule has 0 atom stereocenters. The van der Waals surface area contributed by atoms with Crippen LogP contribution >= 0.6 is 11.6 Å². The van der Waals surface area contributed by atoms with E-state index in [1.54, 1.807) is 21.9 Å². The van der Waals surface area contributed by atoms with Crippen LogP contribution in [0.25, 0.3) is 0 Å². The van der Waals surface area contributed by atoms with E-state index in [2.05, 4.69) is 15.7 Å². The fraction of sp³-hybridized carbons (Fsp3) is 0.304. The van der Waals surface area contributed by atoms with Gasteiger partial charge in [-0.25, -0.2) is 9.80 Å². The number of aliphatic imine (C=N–C) groups is 1. The second-order valence-electron chi connectivity index (χ2n) is 8.01. The number of benzene rings is 2. The first-order valence-corrected chi connectivity index (χ1v) is 11.0. The van der Waals surface area contributed by atoms with Crippen LogP contribution in [-0.4, -0.2) is 66.2 Å². The number of halogens is 1. The van der Waals surface area contributed by atoms with Crippen LogP contribution in [0.3, 0.4) is 0 Å². The van der Waals surface area contributed by atoms with Gasteiger partial charge in [-0.3, -0.25) is 20.0 Å². The summed E-state index contributed by atoms with van der Waals surface area (Å²) in [5.41, 5.74) is 6.12. The Labute approximate surface area is 197 Å². The Morgan fingerprint density at radius 2 is 1.67 bits per heavy atom. The van der Waals surface area contributed by atoms with E-state index in [0.717, 1.165) is 11.1 Å². The zero-order chi connectivity index (χ0) is 23.5. The summed E-state index contributed by atoms with van der Waals surface area (Å²) in [6.07, 6.45) is 0. The number of amides is 4. The third kappa shape index (κ3) is 5.09. The maximum atomic E-state index is 13.0. The number of hydrazine groups is 1. The molecular weight excluding hydrogens is 444 g/mol. The number of carbonyl (C=O) groups excluding carboxylic acids is 3. The van der Waals surface area contributed by atoms with Crippen molar-refractivity contribution in [1.82, 2.24) is 15.2 Å². The maximum Gasteiger partial charge on any atom is 0.321 e. The molecule has 2 aromatic carbocycles. The molecule has 1 fully saturated rings. The zero-order valence-electron chi connectivity index (χ0n) is 18.5. The van der Waals surface area contributed by atoms with Gasteiger partial charge < -0.3 is 15.1 Å². The molecule has 172 valence electrons. The molecular formula is C23H25ClN6O3. The van der Waals surface area contributed by atoms with Crippen LogP contribution in [-0.2, 0) is 9.59 Å². The highest BCUT2D eigenvalue weighted by atomic mass is 35.5. The number of aryl methyl sites for hydroxylation is 2. The zero-order valence-corrected chi connectivity index (χ0v) is 19.2. The Morgan fingerprint density at radius 3 is 2.33 bits per heavy atom. The monoisotopic (exact) mass is 468 g/mol. The van der Waals surface area contributed by atoms with Crippen molar-refractivity contribution in [2.45, 2.75) is 13.8 Å². The predicted molar refractivity (Wildman–Crippen MR) is 127 cm³/mol. The van der Waals surface area contributed by atoms with Gasteiger partial charge in [0.05, 0.1) is 5.69 Å². The molecule has 1 saturated heterocycles. The van der Waals surface area contributed by atoms with E-state index in [1.165, 1.54) is 5.01 Å². The molecule has 0 saturated carbocycles. The van der Waals surface area contributed by atoms with Crippen LogP contribution in [0.15, 0.2) is 47.5 Å². The van der Waals surface area contributed by atoms with Crippen LogP contribution in [0.4, 0.5) is 16.2 Å². The SMILES string of the molecule is Cc1ccc(N2NC(C(=O)N3CCN(C(=O)Nc4ccc(C)c(Cl)c4)CC3)=NCC2=O)cc1. The molecule has 0 radical (unpaired) electrons. The number of piperazine rings is 1. The molecule has 4 amide bonds. The highest BCUT2D eigenvalue weighted by molar-refractivity contribution is 6.39. The summed E-state index contributed by atoms with van der Waals surface area (Å²) >= 11 is 6.13. The first kappa shape index (κ1) is 22.6. The van der Waals surface area contributed by atoms with Gasteiger partial charge in [-0.1, -0.05) is 35.4 Å². The van der Waals surface area contributed by atoms with Crippen molar-refractivity contribution in [3.8, 4) is 0 Å². The average Bonchev–Trinajstić information content (AvgIpc) is 2.82. The van der Waals surface area contributed by atoms with Gasteiger partial charge in [0.25, 0.3) is 11.8 Å². The van der Waals surface area contributed by atoms with Crippen LogP contribution in [0.1, 0.15) is 11.1 Å². The standard InChI is InChI=1S/C23H25ClN6O3/c1-15-3-7-18(8-4-15)30-20(31)14-25-21(27-30)22(32)28-9-11-29(12-10-28)23(33)26-17-6-5-16(2)19(24)13-17/h3-8,13H,9-12,14H2,1-2H3,(H,25,27)(H,26,33). The van der Waals surface area contributed by atoms with Gasteiger partial charge in [0.1, 0.15) is 6.54 Å². The third-order valence-electron chi connectivity index (χ3n) is 5.61. The Kier molecular flexibility index (Phi) is 6.50. The lowest BCUT2D eigenvalue weighted by Gasteiger charge is -2.36. The smallest absolute Gasteiger partial charge is 0.321 e. The first-order valence-electron chi connectivity index (χ1n) is 10.6. The van der Waals surface area contributed by atoms with Crippen LogP contribution in [0.2, 0.25) is 5.02 Å². The summed E-state index contributed by atoms with van der Waals surface area (Å²) in [5, 5.41) is 4.77. The summed E-state index contributed by atoms with van der Waals surface area (Å²) in [5.74, 6) is -0.430. The Morgan fingerprint density at radius 1 is 1.00 bits per heavy atom. The molecule has 9 nitrogen and oxygen atoms in total. The second-order valence-corrected chi connectivity index (χ2v) is 8.42. The molecule has 0 unspecified atom stereocenters. The lowest BCUT2D eigenvalue weighted by molar-refractivity contribution is -0.125. The fourth-order valence-electron chi connectivity index (χ4n) is 3.57. The summed E-state index contributed by atoms with van der Waals surface area (Å²) in [6, 6.07) is 12.5. The minimum atomic E-state index is -0.301. The largest absolute Gasteiger partial charge is 0.332 e. The molecule has 0 aliphatic carbocycles. The van der Waals surface area contributed by atoms with Crippen LogP contribution < -0.4 is 15.8 Å². The number of carbonyl (C=O) groups is 3. The molecule has 2 heterocycles. The molecule has 10 heteroatoms. The summed E-state index contributed by atoms with van der Waals surface area (Å²) in [4.78, 5) is 45.3. The van der Waals surface area contributed by atoms with E-state index < -0.39 is 0 Å². The molecule has 2 aliphatic rings. The first-order chi connectivity index (χ1) is 15.8. The van der Waals surface area contributed by atoms with Crippen molar-refractivity contribution < 1.29 is 14.4 Å². The highest BCUT2D eigenvalue weighted by Gasteiger charge is 2.31. The number of amidine groups is 1. The van der Waals surface area contributed by atoms with E-state index in [1.807, 2.05) is 44.2 Å². The summed E-state index contributed by atoms with van der Waals surface area (Å²) < 4.78 is 0. The van der Waals surface area contributed by atoms with Crippen molar-refractivity contribution >= 4 is 46.7 Å².